The first-order valence-electron chi connectivity index (χ1n) is 11.2. The summed E-state index contributed by atoms with van der Waals surface area (Å²) in [5.74, 6) is 0.942. The Hall–Kier alpha value is -2.22. The van der Waals surface area contributed by atoms with E-state index < -0.39 is 0 Å². The molecule has 2 aromatic heterocycles. The van der Waals surface area contributed by atoms with E-state index in [0.29, 0.717) is 11.7 Å². The van der Waals surface area contributed by atoms with Gasteiger partial charge in [0.05, 0.1) is 11.4 Å². The van der Waals surface area contributed by atoms with Crippen LogP contribution in [0.25, 0.3) is 0 Å². The molecule has 0 bridgehead atoms. The van der Waals surface area contributed by atoms with Crippen molar-refractivity contribution < 1.29 is 0 Å². The van der Waals surface area contributed by atoms with Crippen molar-refractivity contribution in [2.24, 2.45) is 5.73 Å². The molecule has 178 valence electrons. The Kier molecular flexibility index (Phi) is 7.56. The highest BCUT2D eigenvalue weighted by Gasteiger charge is 2.54. The fourth-order valence-electron chi connectivity index (χ4n) is 5.06. The third-order valence-corrected chi connectivity index (χ3v) is 7.83. The van der Waals surface area contributed by atoms with Crippen LogP contribution >= 0.6 is 46.6 Å². The van der Waals surface area contributed by atoms with Gasteiger partial charge in [-0.1, -0.05) is 72.3 Å². The molecular weight excluding hydrogens is 521 g/mol. The van der Waals surface area contributed by atoms with E-state index in [1.54, 1.807) is 11.8 Å². The Morgan fingerprint density at radius 1 is 0.657 bits per heavy atom. The van der Waals surface area contributed by atoms with Crippen LogP contribution in [0.2, 0.25) is 15.7 Å². The summed E-state index contributed by atoms with van der Waals surface area (Å²) in [4.78, 5) is 17.8. The average Bonchev–Trinajstić information content (AvgIpc) is 2.83. The van der Waals surface area contributed by atoms with Gasteiger partial charge in [0.2, 0.25) is 10.6 Å². The number of nitrogens with zero attached hydrogens (tertiary/aromatic N) is 4. The van der Waals surface area contributed by atoms with Gasteiger partial charge >= 0.3 is 0 Å². The molecule has 1 saturated carbocycles. The molecule has 2 atom stereocenters. The van der Waals surface area contributed by atoms with Gasteiger partial charge < -0.3 is 5.73 Å². The maximum Gasteiger partial charge on any atom is 0.224 e. The monoisotopic (exact) mass is 541 g/mol. The highest BCUT2D eigenvalue weighted by Crippen LogP contribution is 2.66. The summed E-state index contributed by atoms with van der Waals surface area (Å²) < 4.78 is 0. The van der Waals surface area contributed by atoms with Crippen LogP contribution in [0, 0.1) is 0 Å². The Labute approximate surface area is 223 Å². The van der Waals surface area contributed by atoms with E-state index in [1.807, 2.05) is 24.3 Å². The van der Waals surface area contributed by atoms with Gasteiger partial charge in [-0.15, -0.1) is 11.8 Å². The van der Waals surface area contributed by atoms with Crippen molar-refractivity contribution in [2.45, 2.75) is 28.7 Å². The van der Waals surface area contributed by atoms with Gasteiger partial charge in [-0.2, -0.15) is 0 Å². The van der Waals surface area contributed by atoms with Crippen LogP contribution in [0.1, 0.15) is 46.2 Å². The van der Waals surface area contributed by atoms with Crippen molar-refractivity contribution in [1.29, 1.82) is 0 Å². The van der Waals surface area contributed by atoms with E-state index in [0.717, 1.165) is 22.2 Å². The van der Waals surface area contributed by atoms with Crippen LogP contribution in [-0.2, 0) is 0 Å². The fraction of sp³-hybridized carbons (Fsp3) is 0.231. The average molecular weight is 543 g/mol. The van der Waals surface area contributed by atoms with Crippen molar-refractivity contribution in [2.75, 3.05) is 12.3 Å². The van der Waals surface area contributed by atoms with Gasteiger partial charge in [-0.25, -0.2) is 19.9 Å². The summed E-state index contributed by atoms with van der Waals surface area (Å²) in [6.07, 6.45) is 0. The molecule has 2 heterocycles. The van der Waals surface area contributed by atoms with E-state index >= 15 is 0 Å². The number of hydrogen-bond donors (Lipinski definition) is 1. The lowest BCUT2D eigenvalue weighted by molar-refractivity contribution is 0.219. The number of nitrogens with two attached hydrogens (primary N) is 1. The largest absolute Gasteiger partial charge is 0.330 e. The summed E-state index contributed by atoms with van der Waals surface area (Å²) in [5.41, 5.74) is 9.80. The maximum atomic E-state index is 6.41. The first-order chi connectivity index (χ1) is 17.0. The van der Waals surface area contributed by atoms with Crippen molar-refractivity contribution >= 4 is 46.6 Å². The van der Waals surface area contributed by atoms with Crippen molar-refractivity contribution in [1.82, 2.24) is 19.9 Å². The number of halogens is 3. The summed E-state index contributed by atoms with van der Waals surface area (Å²) in [7, 11) is 0. The van der Waals surface area contributed by atoms with Crippen LogP contribution in [0.5, 0.6) is 0 Å². The zero-order valence-electron chi connectivity index (χ0n) is 18.6. The summed E-state index contributed by atoms with van der Waals surface area (Å²) in [6.45, 7) is 0.557. The minimum absolute atomic E-state index is 0.0108. The third-order valence-electron chi connectivity index (χ3n) is 6.35. The van der Waals surface area contributed by atoms with E-state index in [9.17, 15) is 0 Å². The van der Waals surface area contributed by atoms with Gasteiger partial charge in [0.25, 0.3) is 0 Å². The molecule has 1 aliphatic carbocycles. The van der Waals surface area contributed by atoms with Crippen LogP contribution < -0.4 is 5.73 Å². The minimum Gasteiger partial charge on any atom is -0.330 e. The quantitative estimate of drug-likeness (QED) is 0.159. The number of benzene rings is 2. The van der Waals surface area contributed by atoms with Crippen molar-refractivity contribution in [3.8, 4) is 0 Å². The zero-order valence-corrected chi connectivity index (χ0v) is 21.6. The molecule has 5 rings (SSSR count). The molecule has 4 aromatic rings. The van der Waals surface area contributed by atoms with Gasteiger partial charge in [-0.3, -0.25) is 0 Å². The van der Waals surface area contributed by atoms with Crippen molar-refractivity contribution in [3.63, 3.8) is 0 Å². The standard InChI is InChI=1S/C26H22Cl3N5S/c27-19-13-17(31-25(28)33-19)23-21(15-7-3-1-4-8-15)24(22(23)16-9-5-2-6-10-16)18-14-20(35-12-11-30)34-26(29)32-18/h1-10,13-14,21-24H,11-12,30H2. The number of hydrogen-bond acceptors (Lipinski definition) is 6. The van der Waals surface area contributed by atoms with Gasteiger partial charge in [-0.05, 0) is 46.5 Å². The highest BCUT2D eigenvalue weighted by molar-refractivity contribution is 7.99. The molecule has 2 unspecified atom stereocenters. The lowest BCUT2D eigenvalue weighted by atomic mass is 9.50. The Bertz CT molecular complexity index is 1240. The first-order valence-corrected chi connectivity index (χ1v) is 13.3. The van der Waals surface area contributed by atoms with E-state index in [1.165, 1.54) is 11.1 Å². The van der Waals surface area contributed by atoms with E-state index in [-0.39, 0.29) is 34.2 Å². The smallest absolute Gasteiger partial charge is 0.224 e. The first kappa shape index (κ1) is 24.5. The van der Waals surface area contributed by atoms with Crippen LogP contribution in [0.3, 0.4) is 0 Å². The van der Waals surface area contributed by atoms with Crippen molar-refractivity contribution in [3.05, 3.63) is 111 Å². The number of rotatable bonds is 7. The van der Waals surface area contributed by atoms with Gasteiger partial charge in [0.1, 0.15) is 10.2 Å². The third kappa shape index (κ3) is 5.18. The molecule has 0 aliphatic heterocycles. The number of thioether (sulfide) groups is 1. The van der Waals surface area contributed by atoms with E-state index in [4.69, 9.17) is 45.5 Å². The molecule has 2 N–H and O–H groups in total. The number of aromatic nitrogens is 4. The van der Waals surface area contributed by atoms with Gasteiger partial charge in [0.15, 0.2) is 0 Å². The summed E-state index contributed by atoms with van der Waals surface area (Å²) in [6, 6.07) is 24.7. The fourth-order valence-corrected chi connectivity index (χ4v) is 6.41. The molecule has 0 amide bonds. The Morgan fingerprint density at radius 2 is 1.17 bits per heavy atom. The molecule has 0 radical (unpaired) electrons. The van der Waals surface area contributed by atoms with Crippen LogP contribution in [0.15, 0.2) is 77.8 Å². The Balaban J connectivity index is 1.68. The predicted molar refractivity (Wildman–Crippen MR) is 143 cm³/mol. The van der Waals surface area contributed by atoms with Crippen LogP contribution in [0.4, 0.5) is 0 Å². The second-order valence-corrected chi connectivity index (χ2v) is 10.5. The van der Waals surface area contributed by atoms with E-state index in [2.05, 4.69) is 63.5 Å². The molecule has 2 aromatic carbocycles. The second kappa shape index (κ2) is 10.8. The Morgan fingerprint density at radius 3 is 1.69 bits per heavy atom. The van der Waals surface area contributed by atoms with Crippen LogP contribution in [-0.4, -0.2) is 32.2 Å². The molecule has 9 heteroatoms. The summed E-state index contributed by atoms with van der Waals surface area (Å²) in [5, 5.41) is 1.52. The van der Waals surface area contributed by atoms with Gasteiger partial charge in [0, 0.05) is 36.0 Å². The summed E-state index contributed by atoms with van der Waals surface area (Å²) >= 11 is 20.6. The SMILES string of the molecule is NCCSc1cc(C2C(c3ccccc3)C(c3cc(Cl)nc(Cl)n3)C2c2ccccc2)nc(Cl)n1. The lowest BCUT2D eigenvalue weighted by Crippen LogP contribution is -2.41. The zero-order chi connectivity index (χ0) is 24.4. The molecule has 1 aliphatic rings. The molecule has 5 nitrogen and oxygen atoms in total. The minimum atomic E-state index is 0.0108. The molecular formula is C26H22Cl3N5S. The maximum absolute atomic E-state index is 6.41. The normalized spacial score (nSPS) is 21.5. The lowest BCUT2D eigenvalue weighted by Gasteiger charge is -2.52. The second-order valence-electron chi connectivity index (χ2n) is 8.35. The molecule has 35 heavy (non-hydrogen) atoms. The molecule has 0 spiro atoms. The predicted octanol–water partition coefficient (Wildman–Crippen LogP) is 6.73. The highest BCUT2D eigenvalue weighted by atomic mass is 35.5. The molecule has 0 saturated heterocycles. The molecule has 1 fully saturated rings. The topological polar surface area (TPSA) is 77.6 Å².